The van der Waals surface area contributed by atoms with Gasteiger partial charge in [0.1, 0.15) is 17.4 Å². The molecule has 82 valence electrons. The molecular formula is C10H6F3N3. The van der Waals surface area contributed by atoms with E-state index < -0.39 is 11.7 Å². The number of nitriles is 1. The van der Waals surface area contributed by atoms with Crippen LogP contribution in [0.5, 0.6) is 0 Å². The molecule has 0 radical (unpaired) electrons. The molecule has 0 N–H and O–H groups in total. The average molecular weight is 225 g/mol. The number of nitrogens with zero attached hydrogens (tertiary/aromatic N) is 3. The molecule has 0 aromatic carbocycles. The fourth-order valence-corrected chi connectivity index (χ4v) is 1.46. The number of hydrogen-bond donors (Lipinski definition) is 0. The highest BCUT2D eigenvalue weighted by Crippen LogP contribution is 2.29. The van der Waals surface area contributed by atoms with Gasteiger partial charge in [0.05, 0.1) is 11.3 Å². The number of halogens is 3. The second-order valence-electron chi connectivity index (χ2n) is 3.30. The van der Waals surface area contributed by atoms with Crippen molar-refractivity contribution in [2.75, 3.05) is 0 Å². The molecule has 0 aliphatic carbocycles. The summed E-state index contributed by atoms with van der Waals surface area (Å²) in [6.07, 6.45) is -3.53. The Balaban J connectivity index is 2.75. The van der Waals surface area contributed by atoms with Gasteiger partial charge in [-0.2, -0.15) is 18.4 Å². The molecule has 6 heteroatoms. The monoisotopic (exact) mass is 225 g/mol. The molecule has 0 saturated carbocycles. The van der Waals surface area contributed by atoms with Crippen LogP contribution in [0.3, 0.4) is 0 Å². The van der Waals surface area contributed by atoms with Crippen molar-refractivity contribution in [2.24, 2.45) is 0 Å². The highest BCUT2D eigenvalue weighted by atomic mass is 19.4. The van der Waals surface area contributed by atoms with Crippen LogP contribution in [-0.4, -0.2) is 9.38 Å². The van der Waals surface area contributed by atoms with Crippen LogP contribution in [0.4, 0.5) is 13.2 Å². The minimum Gasteiger partial charge on any atom is -0.290 e. The molecule has 2 aromatic heterocycles. The highest BCUT2D eigenvalue weighted by molar-refractivity contribution is 5.48. The van der Waals surface area contributed by atoms with Crippen LogP contribution in [0, 0.1) is 18.3 Å². The van der Waals surface area contributed by atoms with Gasteiger partial charge >= 0.3 is 6.18 Å². The Morgan fingerprint density at radius 1 is 1.38 bits per heavy atom. The number of alkyl halides is 3. The van der Waals surface area contributed by atoms with Crippen LogP contribution in [0.2, 0.25) is 0 Å². The van der Waals surface area contributed by atoms with Crippen LogP contribution < -0.4 is 0 Å². The highest BCUT2D eigenvalue weighted by Gasteiger charge is 2.31. The summed E-state index contributed by atoms with van der Waals surface area (Å²) in [6, 6.07) is 4.02. The van der Waals surface area contributed by atoms with E-state index in [0.717, 1.165) is 16.7 Å². The van der Waals surface area contributed by atoms with Gasteiger partial charge < -0.3 is 0 Å². The maximum atomic E-state index is 12.4. The quantitative estimate of drug-likeness (QED) is 0.691. The minimum atomic E-state index is -4.42. The molecule has 16 heavy (non-hydrogen) atoms. The average Bonchev–Trinajstić information content (AvgIpc) is 2.50. The Morgan fingerprint density at radius 3 is 2.62 bits per heavy atom. The SMILES string of the molecule is Cc1nc2ccc(C(F)(F)F)cn2c1C#N. The zero-order valence-corrected chi connectivity index (χ0v) is 8.21. The third kappa shape index (κ3) is 1.50. The van der Waals surface area contributed by atoms with Crippen LogP contribution in [-0.2, 0) is 6.18 Å². The lowest BCUT2D eigenvalue weighted by Crippen LogP contribution is -2.06. The molecule has 0 spiro atoms. The standard InChI is InChI=1S/C10H6F3N3/c1-6-8(4-14)16-5-7(10(11,12)13)2-3-9(16)15-6/h2-3,5H,1H3. The first-order valence-electron chi connectivity index (χ1n) is 4.39. The Kier molecular flexibility index (Phi) is 2.12. The Hall–Kier alpha value is -2.03. The molecule has 0 bridgehead atoms. The van der Waals surface area contributed by atoms with Gasteiger partial charge in [-0.05, 0) is 19.1 Å². The number of aryl methyl sites for hydroxylation is 1. The van der Waals surface area contributed by atoms with Gasteiger partial charge in [-0.3, -0.25) is 4.40 Å². The normalized spacial score (nSPS) is 11.7. The molecule has 0 atom stereocenters. The Bertz CT molecular complexity index is 590. The van der Waals surface area contributed by atoms with Crippen LogP contribution in [0.1, 0.15) is 17.0 Å². The van der Waals surface area contributed by atoms with Crippen LogP contribution in [0.15, 0.2) is 18.3 Å². The van der Waals surface area contributed by atoms with E-state index in [1.807, 2.05) is 6.07 Å². The topological polar surface area (TPSA) is 41.1 Å². The number of fused-ring (bicyclic) bond motifs is 1. The second-order valence-corrected chi connectivity index (χ2v) is 3.30. The van der Waals surface area contributed by atoms with Crippen molar-refractivity contribution in [3.05, 3.63) is 35.3 Å². The first-order chi connectivity index (χ1) is 7.43. The molecular weight excluding hydrogens is 219 g/mol. The molecule has 0 fully saturated rings. The summed E-state index contributed by atoms with van der Waals surface area (Å²) < 4.78 is 38.5. The molecule has 0 saturated heterocycles. The van der Waals surface area contributed by atoms with Crippen molar-refractivity contribution >= 4 is 5.65 Å². The molecule has 0 aliphatic rings. The van der Waals surface area contributed by atoms with Gasteiger partial charge in [0.25, 0.3) is 0 Å². The maximum absolute atomic E-state index is 12.4. The van der Waals surface area contributed by atoms with Gasteiger partial charge in [-0.1, -0.05) is 0 Å². The van der Waals surface area contributed by atoms with Crippen LogP contribution >= 0.6 is 0 Å². The van der Waals surface area contributed by atoms with E-state index in [1.165, 1.54) is 6.07 Å². The molecule has 2 aromatic rings. The van der Waals surface area contributed by atoms with E-state index in [2.05, 4.69) is 4.98 Å². The summed E-state index contributed by atoms with van der Waals surface area (Å²) in [5.41, 5.74) is 0.0823. The van der Waals surface area contributed by atoms with Crippen molar-refractivity contribution in [1.29, 1.82) is 5.26 Å². The van der Waals surface area contributed by atoms with Crippen molar-refractivity contribution in [3.63, 3.8) is 0 Å². The number of pyridine rings is 1. The number of rotatable bonds is 0. The summed E-state index contributed by atoms with van der Waals surface area (Å²) in [5.74, 6) is 0. The summed E-state index contributed by atoms with van der Waals surface area (Å²) in [6.45, 7) is 1.58. The zero-order chi connectivity index (χ0) is 11.9. The number of aromatic nitrogens is 2. The first kappa shape index (κ1) is 10.5. The fourth-order valence-electron chi connectivity index (χ4n) is 1.46. The van der Waals surface area contributed by atoms with Gasteiger partial charge in [-0.25, -0.2) is 4.98 Å². The van der Waals surface area contributed by atoms with Gasteiger partial charge in [0, 0.05) is 6.20 Å². The Morgan fingerprint density at radius 2 is 2.06 bits per heavy atom. The first-order valence-corrected chi connectivity index (χ1v) is 4.39. The van der Waals surface area contributed by atoms with Gasteiger partial charge in [0.2, 0.25) is 0 Å². The lowest BCUT2D eigenvalue weighted by atomic mass is 10.3. The molecule has 3 nitrogen and oxygen atoms in total. The predicted octanol–water partition coefficient (Wildman–Crippen LogP) is 2.53. The largest absolute Gasteiger partial charge is 0.417 e. The van der Waals surface area contributed by atoms with E-state index in [4.69, 9.17) is 5.26 Å². The van der Waals surface area contributed by atoms with E-state index >= 15 is 0 Å². The second kappa shape index (κ2) is 3.23. The molecule has 0 aliphatic heterocycles. The van der Waals surface area contributed by atoms with E-state index in [-0.39, 0.29) is 5.69 Å². The van der Waals surface area contributed by atoms with Crippen molar-refractivity contribution in [1.82, 2.24) is 9.38 Å². The summed E-state index contributed by atoms with van der Waals surface area (Å²) in [4.78, 5) is 3.98. The van der Waals surface area contributed by atoms with Gasteiger partial charge in [0.15, 0.2) is 0 Å². The maximum Gasteiger partial charge on any atom is 0.417 e. The third-order valence-electron chi connectivity index (χ3n) is 2.23. The van der Waals surface area contributed by atoms with Crippen LogP contribution in [0.25, 0.3) is 5.65 Å². The van der Waals surface area contributed by atoms with Crippen molar-refractivity contribution in [2.45, 2.75) is 13.1 Å². The van der Waals surface area contributed by atoms with Gasteiger partial charge in [-0.15, -0.1) is 0 Å². The third-order valence-corrected chi connectivity index (χ3v) is 2.23. The predicted molar refractivity (Wildman–Crippen MR) is 49.6 cm³/mol. The lowest BCUT2D eigenvalue weighted by molar-refractivity contribution is -0.137. The molecule has 2 rings (SSSR count). The summed E-state index contributed by atoms with van der Waals surface area (Å²) in [5, 5.41) is 8.81. The lowest BCUT2D eigenvalue weighted by Gasteiger charge is -2.06. The van der Waals surface area contributed by atoms with E-state index in [0.29, 0.717) is 11.3 Å². The van der Waals surface area contributed by atoms with E-state index in [1.54, 1.807) is 6.92 Å². The molecule has 0 amide bonds. The van der Waals surface area contributed by atoms with E-state index in [9.17, 15) is 13.2 Å². The minimum absolute atomic E-state index is 0.126. The fraction of sp³-hybridized carbons (Fsp3) is 0.200. The smallest absolute Gasteiger partial charge is 0.290 e. The van der Waals surface area contributed by atoms with Crippen molar-refractivity contribution < 1.29 is 13.2 Å². The molecule has 0 unspecified atom stereocenters. The van der Waals surface area contributed by atoms with Crippen molar-refractivity contribution in [3.8, 4) is 6.07 Å². The number of hydrogen-bond acceptors (Lipinski definition) is 2. The summed E-state index contributed by atoms with van der Waals surface area (Å²) in [7, 11) is 0. The zero-order valence-electron chi connectivity index (χ0n) is 8.21. The Labute approximate surface area is 88.8 Å². The molecule has 2 heterocycles. The number of imidazole rings is 1. The summed E-state index contributed by atoms with van der Waals surface area (Å²) >= 11 is 0.